The van der Waals surface area contributed by atoms with Crippen molar-refractivity contribution in [3.05, 3.63) is 81.4 Å². The zero-order valence-electron chi connectivity index (χ0n) is 28.2. The highest BCUT2D eigenvalue weighted by Crippen LogP contribution is 2.40. The zero-order valence-corrected chi connectivity index (χ0v) is 29.8. The van der Waals surface area contributed by atoms with Crippen LogP contribution in [-0.2, 0) is 71.4 Å². The van der Waals surface area contributed by atoms with Gasteiger partial charge in [0.15, 0.2) is 0 Å². The summed E-state index contributed by atoms with van der Waals surface area (Å²) in [4.78, 5) is 26.2. The third-order valence-electron chi connectivity index (χ3n) is 9.44. The second kappa shape index (κ2) is 15.1. The fourth-order valence-corrected chi connectivity index (χ4v) is 8.35. The minimum Gasteiger partial charge on any atom is -0.387 e. The van der Waals surface area contributed by atoms with Crippen molar-refractivity contribution in [2.75, 3.05) is 16.8 Å². The summed E-state index contributed by atoms with van der Waals surface area (Å²) in [5.74, 6) is 0.876. The minimum absolute atomic E-state index is 0.0115. The number of ether oxygens (including phenoxy) is 1. The number of aryl methyl sites for hydroxylation is 4. The SMILES string of the molecule is N#COc1c2c(cc3c1CCC3)CCC2.Nc1ncc(S(=O)(=O)NC(=O)Nc2c3c(cc4c2CCC4)CCC3)cn1.Nc1ncc(S(N)(=O)=O)cn1. The molecule has 0 radical (unpaired) electrons. The van der Waals surface area contributed by atoms with Gasteiger partial charge in [0.2, 0.25) is 21.9 Å². The minimum atomic E-state index is -4.07. The first-order chi connectivity index (χ1) is 24.8. The van der Waals surface area contributed by atoms with E-state index >= 15 is 0 Å². The number of primary sulfonamides is 1. The van der Waals surface area contributed by atoms with E-state index in [1.54, 1.807) is 0 Å². The number of anilines is 3. The largest absolute Gasteiger partial charge is 0.387 e. The average molecular weight is 747 g/mol. The summed E-state index contributed by atoms with van der Waals surface area (Å²) in [6.45, 7) is 0. The lowest BCUT2D eigenvalue weighted by Gasteiger charge is -2.16. The van der Waals surface area contributed by atoms with Crippen molar-refractivity contribution in [2.24, 2.45) is 5.14 Å². The molecule has 2 amide bonds. The molecular weight excluding hydrogens is 709 g/mol. The number of nitriles is 1. The van der Waals surface area contributed by atoms with Crippen molar-refractivity contribution in [2.45, 2.75) is 86.8 Å². The first-order valence-corrected chi connectivity index (χ1v) is 19.8. The molecule has 0 unspecified atom stereocenters. The summed E-state index contributed by atoms with van der Waals surface area (Å²) in [6, 6.07) is 3.81. The van der Waals surface area contributed by atoms with Gasteiger partial charge in [-0.25, -0.2) is 51.4 Å². The molecule has 18 heteroatoms. The predicted octanol–water partition coefficient (Wildman–Crippen LogP) is 2.78. The van der Waals surface area contributed by atoms with E-state index in [2.05, 4.69) is 37.4 Å². The molecule has 0 aliphatic heterocycles. The number of nitrogen functional groups attached to an aromatic ring is 2. The van der Waals surface area contributed by atoms with Gasteiger partial charge in [-0.1, -0.05) is 12.1 Å². The molecule has 0 saturated carbocycles. The van der Waals surface area contributed by atoms with Crippen LogP contribution >= 0.6 is 0 Å². The van der Waals surface area contributed by atoms with Gasteiger partial charge in [-0.2, -0.15) is 0 Å². The Hall–Kier alpha value is -5.38. The average Bonchev–Trinajstić information content (AvgIpc) is 3.93. The molecule has 4 aliphatic rings. The van der Waals surface area contributed by atoms with Gasteiger partial charge < -0.3 is 21.5 Å². The van der Waals surface area contributed by atoms with Crippen molar-refractivity contribution in [3.8, 4) is 12.0 Å². The molecule has 16 nitrogen and oxygen atoms in total. The number of rotatable bonds is 5. The van der Waals surface area contributed by atoms with Crippen LogP contribution in [0.15, 0.2) is 46.7 Å². The molecule has 0 spiro atoms. The van der Waals surface area contributed by atoms with Crippen LogP contribution < -0.4 is 31.4 Å². The number of carbonyl (C=O) groups is 1. The van der Waals surface area contributed by atoms with Crippen molar-refractivity contribution < 1.29 is 26.4 Å². The summed E-state index contributed by atoms with van der Waals surface area (Å²) in [5.41, 5.74) is 21.5. The van der Waals surface area contributed by atoms with Gasteiger partial charge in [0.1, 0.15) is 15.5 Å². The van der Waals surface area contributed by atoms with Gasteiger partial charge in [0, 0.05) is 5.69 Å². The number of hydrogen-bond donors (Lipinski definition) is 5. The third kappa shape index (κ3) is 8.06. The number of benzene rings is 2. The molecule has 0 bridgehead atoms. The molecule has 8 rings (SSSR count). The number of carbonyl (C=O) groups excluding carboxylic acids is 1. The number of nitrogens with one attached hydrogen (secondary N) is 2. The van der Waals surface area contributed by atoms with Crippen LogP contribution in [0, 0.1) is 11.5 Å². The molecule has 0 saturated heterocycles. The number of nitrogens with two attached hydrogens (primary N) is 3. The van der Waals surface area contributed by atoms with Crippen LogP contribution in [0.4, 0.5) is 22.4 Å². The van der Waals surface area contributed by atoms with E-state index in [0.29, 0.717) is 0 Å². The Morgan fingerprint density at radius 3 is 1.50 bits per heavy atom. The van der Waals surface area contributed by atoms with Crippen LogP contribution in [0.2, 0.25) is 0 Å². The number of sulfonamides is 2. The molecule has 2 aromatic carbocycles. The molecule has 272 valence electrons. The second-order valence-corrected chi connectivity index (χ2v) is 16.0. The van der Waals surface area contributed by atoms with Crippen LogP contribution in [-0.4, -0.2) is 42.8 Å². The van der Waals surface area contributed by atoms with Crippen LogP contribution in [0.1, 0.15) is 70.2 Å². The van der Waals surface area contributed by atoms with E-state index in [1.165, 1.54) is 46.2 Å². The highest BCUT2D eigenvalue weighted by Gasteiger charge is 2.27. The molecule has 2 heterocycles. The lowest BCUT2D eigenvalue weighted by atomic mass is 9.99. The van der Waals surface area contributed by atoms with Crippen molar-refractivity contribution in [1.82, 2.24) is 24.7 Å². The lowest BCUT2D eigenvalue weighted by molar-refractivity contribution is 0.256. The van der Waals surface area contributed by atoms with Crippen LogP contribution in [0.25, 0.3) is 0 Å². The molecule has 52 heavy (non-hydrogen) atoms. The molecule has 0 atom stereocenters. The Labute approximate surface area is 301 Å². The smallest absolute Gasteiger partial charge is 0.333 e. The van der Waals surface area contributed by atoms with Gasteiger partial charge in [0.25, 0.3) is 16.3 Å². The fourth-order valence-electron chi connectivity index (χ4n) is 7.16. The topological polar surface area (TPSA) is 272 Å². The Kier molecular flexibility index (Phi) is 10.6. The standard InChI is InChI=1S/C17H19N5O3S.C13H13NO.C4H6N4O2S/c18-16-19-8-12(9-20-16)26(24,25)22-17(23)21-15-13-5-1-3-10(13)7-11-4-2-6-14(11)15;14-8-15-13-11-5-1-3-9(11)7-10-4-2-6-12(10)13;5-4-7-1-3(2-8-4)11(6,9)10/h7-9H,1-6H2,(H2,18,19,20)(H2,21,22,23);7H,1-6H2;1-2H,(H2,5,7,8)(H2,6,9,10). The summed E-state index contributed by atoms with van der Waals surface area (Å²) >= 11 is 0. The summed E-state index contributed by atoms with van der Waals surface area (Å²) < 4.78 is 53.1. The number of aromatic nitrogens is 4. The second-order valence-electron chi connectivity index (χ2n) is 12.8. The maximum atomic E-state index is 12.4. The van der Waals surface area contributed by atoms with E-state index in [-0.39, 0.29) is 21.7 Å². The predicted molar refractivity (Wildman–Crippen MR) is 191 cm³/mol. The fraction of sp³-hybridized carbons (Fsp3) is 0.353. The molecular formula is C34H38N10O6S2. The third-order valence-corrected chi connectivity index (χ3v) is 11.6. The Morgan fingerprint density at radius 2 is 1.08 bits per heavy atom. The zero-order chi connectivity index (χ0) is 37.0. The van der Waals surface area contributed by atoms with Crippen molar-refractivity contribution in [3.63, 3.8) is 0 Å². The number of nitrogens with zero attached hydrogens (tertiary/aromatic N) is 5. The molecule has 0 fully saturated rings. The Bertz CT molecular complexity index is 2210. The van der Waals surface area contributed by atoms with E-state index in [1.807, 2.05) is 11.0 Å². The Balaban J connectivity index is 0.000000150. The number of urea groups is 1. The first-order valence-electron chi connectivity index (χ1n) is 16.7. The summed E-state index contributed by atoms with van der Waals surface area (Å²) in [5, 5.41) is 16.3. The van der Waals surface area contributed by atoms with E-state index in [9.17, 15) is 21.6 Å². The summed E-state index contributed by atoms with van der Waals surface area (Å²) in [7, 11) is -7.77. The molecule has 2 aromatic heterocycles. The van der Waals surface area contributed by atoms with Gasteiger partial charge in [-0.05, 0) is 122 Å². The highest BCUT2D eigenvalue weighted by atomic mass is 32.2. The lowest BCUT2D eigenvalue weighted by Crippen LogP contribution is -2.35. The number of amides is 2. The van der Waals surface area contributed by atoms with Crippen LogP contribution in [0.3, 0.4) is 0 Å². The van der Waals surface area contributed by atoms with Gasteiger partial charge in [-0.3, -0.25) is 0 Å². The van der Waals surface area contributed by atoms with Crippen molar-refractivity contribution in [1.29, 1.82) is 5.26 Å². The van der Waals surface area contributed by atoms with Gasteiger partial charge >= 0.3 is 6.03 Å². The maximum Gasteiger partial charge on any atom is 0.333 e. The number of hydrogen-bond acceptors (Lipinski definition) is 13. The monoisotopic (exact) mass is 746 g/mol. The quantitative estimate of drug-likeness (QED) is 0.184. The number of fused-ring (bicyclic) bond motifs is 4. The van der Waals surface area contributed by atoms with Crippen molar-refractivity contribution >= 4 is 43.7 Å². The highest BCUT2D eigenvalue weighted by molar-refractivity contribution is 7.90. The van der Waals surface area contributed by atoms with Crippen LogP contribution in [0.5, 0.6) is 5.75 Å². The van der Waals surface area contributed by atoms with E-state index < -0.39 is 26.1 Å². The summed E-state index contributed by atoms with van der Waals surface area (Å²) in [6.07, 6.45) is 18.9. The normalized spacial score (nSPS) is 15.0. The first kappa shape index (κ1) is 36.4. The van der Waals surface area contributed by atoms with Gasteiger partial charge in [-0.15, -0.1) is 5.26 Å². The van der Waals surface area contributed by atoms with Gasteiger partial charge in [0.05, 0.1) is 24.8 Å². The Morgan fingerprint density at radius 1 is 0.673 bits per heavy atom. The molecule has 4 aliphatic carbocycles. The molecule has 4 aromatic rings. The van der Waals surface area contributed by atoms with E-state index in [4.69, 9.17) is 26.6 Å². The molecule has 8 N–H and O–H groups in total. The van der Waals surface area contributed by atoms with E-state index in [0.717, 1.165) is 112 Å². The maximum absolute atomic E-state index is 12.4.